The molecule has 0 atom stereocenters. The predicted octanol–water partition coefficient (Wildman–Crippen LogP) is 1.14. The first-order valence-corrected chi connectivity index (χ1v) is 3.82. The quantitative estimate of drug-likeness (QED) is 0.707. The highest BCUT2D eigenvalue weighted by Crippen LogP contribution is 2.12. The number of hydrogen-bond acceptors (Lipinski definition) is 3. The van der Waals surface area contributed by atoms with Crippen LogP contribution in [0.3, 0.4) is 0 Å². The van der Waals surface area contributed by atoms with Crippen LogP contribution in [-0.2, 0) is 9.63 Å². The van der Waals surface area contributed by atoms with Gasteiger partial charge in [-0.25, -0.2) is 5.06 Å². The minimum atomic E-state index is -0.925. The maximum atomic E-state index is 10.4. The van der Waals surface area contributed by atoms with Crippen LogP contribution in [0.15, 0.2) is 30.3 Å². The second kappa shape index (κ2) is 4.47. The van der Waals surface area contributed by atoms with Gasteiger partial charge in [-0.1, -0.05) is 18.2 Å². The lowest BCUT2D eigenvalue weighted by Gasteiger charge is -2.18. The lowest BCUT2D eigenvalue weighted by atomic mass is 10.3. The molecule has 0 saturated carbocycles. The molecule has 0 heterocycles. The van der Waals surface area contributed by atoms with Crippen molar-refractivity contribution >= 4 is 11.7 Å². The van der Waals surface area contributed by atoms with E-state index < -0.39 is 5.97 Å². The Hall–Kier alpha value is -1.55. The van der Waals surface area contributed by atoms with Gasteiger partial charge in [-0.3, -0.25) is 9.63 Å². The van der Waals surface area contributed by atoms with E-state index in [9.17, 15) is 4.79 Å². The summed E-state index contributed by atoms with van der Waals surface area (Å²) in [6.45, 7) is -0.166. The Kier molecular flexibility index (Phi) is 3.28. The number of aliphatic carboxylic acids is 1. The lowest BCUT2D eigenvalue weighted by molar-refractivity contribution is -0.136. The lowest BCUT2D eigenvalue weighted by Crippen LogP contribution is -2.28. The second-order valence-electron chi connectivity index (χ2n) is 2.45. The third kappa shape index (κ3) is 2.76. The van der Waals surface area contributed by atoms with Gasteiger partial charge in [0.2, 0.25) is 0 Å². The summed E-state index contributed by atoms with van der Waals surface area (Å²) >= 11 is 0. The Bertz CT molecular complexity index is 273. The van der Waals surface area contributed by atoms with E-state index in [0.717, 1.165) is 5.69 Å². The van der Waals surface area contributed by atoms with Crippen LogP contribution < -0.4 is 5.06 Å². The Balaban J connectivity index is 2.73. The zero-order chi connectivity index (χ0) is 9.68. The van der Waals surface area contributed by atoms with E-state index in [2.05, 4.69) is 0 Å². The molecule has 1 aromatic rings. The van der Waals surface area contributed by atoms with E-state index in [1.807, 2.05) is 18.2 Å². The molecule has 0 aliphatic heterocycles. The number of hydroxylamine groups is 1. The molecular weight excluding hydrogens is 170 g/mol. The molecule has 0 spiro atoms. The Morgan fingerprint density at radius 2 is 2.08 bits per heavy atom. The standard InChI is InChI=1S/C9H11NO3/c1-13-10(7-9(11)12)8-5-3-2-4-6-8/h2-6H,7H2,1H3,(H,11,12). The number of para-hydroxylation sites is 1. The number of benzene rings is 1. The average molecular weight is 181 g/mol. The van der Waals surface area contributed by atoms with E-state index >= 15 is 0 Å². The molecule has 1 N–H and O–H groups in total. The molecule has 0 saturated heterocycles. The summed E-state index contributed by atoms with van der Waals surface area (Å²) < 4.78 is 0. The van der Waals surface area contributed by atoms with E-state index in [1.165, 1.54) is 12.2 Å². The highest BCUT2D eigenvalue weighted by atomic mass is 16.7. The third-order valence-electron chi connectivity index (χ3n) is 1.54. The molecule has 1 rings (SSSR count). The average Bonchev–Trinajstić information content (AvgIpc) is 2.15. The van der Waals surface area contributed by atoms with Gasteiger partial charge in [-0.15, -0.1) is 0 Å². The van der Waals surface area contributed by atoms with Gasteiger partial charge in [0.15, 0.2) is 0 Å². The first-order valence-electron chi connectivity index (χ1n) is 3.82. The number of rotatable bonds is 4. The summed E-state index contributed by atoms with van der Waals surface area (Å²) in [5.41, 5.74) is 0.729. The van der Waals surface area contributed by atoms with Gasteiger partial charge in [0.25, 0.3) is 0 Å². The molecule has 0 unspecified atom stereocenters. The summed E-state index contributed by atoms with van der Waals surface area (Å²) in [6, 6.07) is 9.07. The van der Waals surface area contributed by atoms with Crippen LogP contribution in [0, 0.1) is 0 Å². The molecule has 0 radical (unpaired) electrons. The van der Waals surface area contributed by atoms with Gasteiger partial charge < -0.3 is 5.11 Å². The largest absolute Gasteiger partial charge is 0.480 e. The van der Waals surface area contributed by atoms with Gasteiger partial charge in [0, 0.05) is 0 Å². The molecule has 1 aromatic carbocycles. The van der Waals surface area contributed by atoms with E-state index in [1.54, 1.807) is 12.1 Å². The number of anilines is 1. The van der Waals surface area contributed by atoms with Crippen molar-refractivity contribution in [2.75, 3.05) is 18.7 Å². The summed E-state index contributed by atoms with van der Waals surface area (Å²) in [5, 5.41) is 9.86. The maximum absolute atomic E-state index is 10.4. The molecule has 13 heavy (non-hydrogen) atoms. The number of carbonyl (C=O) groups is 1. The van der Waals surface area contributed by atoms with Gasteiger partial charge in [-0.2, -0.15) is 0 Å². The molecule has 0 fully saturated rings. The van der Waals surface area contributed by atoms with Gasteiger partial charge >= 0.3 is 5.97 Å². The van der Waals surface area contributed by atoms with Crippen LogP contribution in [0.25, 0.3) is 0 Å². The minimum absolute atomic E-state index is 0.166. The van der Waals surface area contributed by atoms with Crippen LogP contribution >= 0.6 is 0 Å². The minimum Gasteiger partial charge on any atom is -0.480 e. The van der Waals surface area contributed by atoms with Crippen molar-refractivity contribution < 1.29 is 14.7 Å². The van der Waals surface area contributed by atoms with Crippen LogP contribution in [0.5, 0.6) is 0 Å². The predicted molar refractivity (Wildman–Crippen MR) is 48.4 cm³/mol. The van der Waals surface area contributed by atoms with Gasteiger partial charge in [0.05, 0.1) is 12.8 Å². The second-order valence-corrected chi connectivity index (χ2v) is 2.45. The highest BCUT2D eigenvalue weighted by Gasteiger charge is 2.08. The van der Waals surface area contributed by atoms with Crippen molar-refractivity contribution in [2.24, 2.45) is 0 Å². The third-order valence-corrected chi connectivity index (χ3v) is 1.54. The summed E-state index contributed by atoms with van der Waals surface area (Å²) in [4.78, 5) is 15.3. The molecule has 70 valence electrons. The highest BCUT2D eigenvalue weighted by molar-refractivity contribution is 5.72. The summed E-state index contributed by atoms with van der Waals surface area (Å²) in [6.07, 6.45) is 0. The maximum Gasteiger partial charge on any atom is 0.325 e. The number of carboxylic acid groups (broad SMARTS) is 1. The van der Waals surface area contributed by atoms with Gasteiger partial charge in [0.1, 0.15) is 6.54 Å². The zero-order valence-corrected chi connectivity index (χ0v) is 7.30. The fourth-order valence-corrected chi connectivity index (χ4v) is 0.978. The van der Waals surface area contributed by atoms with Crippen LogP contribution in [0.2, 0.25) is 0 Å². The summed E-state index contributed by atoms with van der Waals surface area (Å²) in [5.74, 6) is -0.925. The molecule has 0 aliphatic carbocycles. The van der Waals surface area contributed by atoms with E-state index in [-0.39, 0.29) is 6.54 Å². The number of carboxylic acids is 1. The Labute approximate surface area is 76.3 Å². The smallest absolute Gasteiger partial charge is 0.325 e. The van der Waals surface area contributed by atoms with Crippen molar-refractivity contribution in [3.63, 3.8) is 0 Å². The van der Waals surface area contributed by atoms with Gasteiger partial charge in [-0.05, 0) is 12.1 Å². The number of hydrogen-bond donors (Lipinski definition) is 1. The molecular formula is C9H11NO3. The fraction of sp³-hybridized carbons (Fsp3) is 0.222. The van der Waals surface area contributed by atoms with Crippen molar-refractivity contribution in [3.8, 4) is 0 Å². The topological polar surface area (TPSA) is 49.8 Å². The van der Waals surface area contributed by atoms with Crippen molar-refractivity contribution in [3.05, 3.63) is 30.3 Å². The Morgan fingerprint density at radius 3 is 2.54 bits per heavy atom. The molecule has 0 amide bonds. The number of nitrogens with zero attached hydrogens (tertiary/aromatic N) is 1. The van der Waals surface area contributed by atoms with Crippen molar-refractivity contribution in [1.29, 1.82) is 0 Å². The first kappa shape index (κ1) is 9.54. The molecule has 0 aliphatic rings. The molecule has 4 heteroatoms. The monoisotopic (exact) mass is 181 g/mol. The first-order chi connectivity index (χ1) is 6.24. The van der Waals surface area contributed by atoms with E-state index in [0.29, 0.717) is 0 Å². The van der Waals surface area contributed by atoms with Crippen molar-refractivity contribution in [2.45, 2.75) is 0 Å². The molecule has 0 bridgehead atoms. The Morgan fingerprint density at radius 1 is 1.46 bits per heavy atom. The zero-order valence-electron chi connectivity index (χ0n) is 7.30. The van der Waals surface area contributed by atoms with Crippen molar-refractivity contribution in [1.82, 2.24) is 0 Å². The molecule has 0 aromatic heterocycles. The fourth-order valence-electron chi connectivity index (χ4n) is 0.978. The van der Waals surface area contributed by atoms with Crippen LogP contribution in [0.4, 0.5) is 5.69 Å². The molecule has 4 nitrogen and oxygen atoms in total. The normalized spacial score (nSPS) is 9.62. The summed E-state index contributed by atoms with van der Waals surface area (Å²) in [7, 11) is 1.44. The van der Waals surface area contributed by atoms with E-state index in [4.69, 9.17) is 9.94 Å². The van der Waals surface area contributed by atoms with Crippen LogP contribution in [-0.4, -0.2) is 24.7 Å². The van der Waals surface area contributed by atoms with Crippen LogP contribution in [0.1, 0.15) is 0 Å². The SMILES string of the molecule is CON(CC(=O)O)c1ccccc1.